The van der Waals surface area contributed by atoms with Crippen LogP contribution >= 0.6 is 22.9 Å². The van der Waals surface area contributed by atoms with Gasteiger partial charge in [-0.1, -0.05) is 0 Å². The first-order valence-electron chi connectivity index (χ1n) is 4.58. The normalized spacial score (nSPS) is 36.5. The lowest BCUT2D eigenvalue weighted by Gasteiger charge is -2.30. The zero-order valence-electron chi connectivity index (χ0n) is 7.12. The first-order chi connectivity index (χ1) is 5.81. The highest BCUT2D eigenvalue weighted by Gasteiger charge is 2.41. The highest BCUT2D eigenvalue weighted by atomic mass is 127. The molecule has 0 saturated carbocycles. The third-order valence-electron chi connectivity index (χ3n) is 2.89. The SMILES string of the molecule is OCCCN1CC2CC1CN2I. The lowest BCUT2D eigenvalue weighted by molar-refractivity contribution is 0.176. The predicted molar refractivity (Wildman–Crippen MR) is 56.2 cm³/mol. The number of aliphatic hydroxyl groups is 1. The fourth-order valence-corrected chi connectivity index (χ4v) is 3.11. The minimum absolute atomic E-state index is 0.335. The van der Waals surface area contributed by atoms with E-state index in [0.29, 0.717) is 6.61 Å². The van der Waals surface area contributed by atoms with E-state index in [1.54, 1.807) is 0 Å². The van der Waals surface area contributed by atoms with E-state index in [1.165, 1.54) is 19.5 Å². The molecule has 0 radical (unpaired) electrons. The Labute approximate surface area is 87.2 Å². The van der Waals surface area contributed by atoms with Gasteiger partial charge in [-0.15, -0.1) is 0 Å². The number of rotatable bonds is 3. The fraction of sp³-hybridized carbons (Fsp3) is 1.00. The van der Waals surface area contributed by atoms with Crippen LogP contribution in [-0.4, -0.2) is 51.4 Å². The Hall–Kier alpha value is 0.610. The van der Waals surface area contributed by atoms with Gasteiger partial charge >= 0.3 is 0 Å². The maximum Gasteiger partial charge on any atom is 0.0443 e. The van der Waals surface area contributed by atoms with Crippen LogP contribution in [-0.2, 0) is 0 Å². The summed E-state index contributed by atoms with van der Waals surface area (Å²) in [5, 5.41) is 8.71. The second-order valence-electron chi connectivity index (χ2n) is 3.70. The summed E-state index contributed by atoms with van der Waals surface area (Å²) >= 11 is 2.43. The van der Waals surface area contributed by atoms with E-state index in [2.05, 4.69) is 30.9 Å². The van der Waals surface area contributed by atoms with Crippen molar-refractivity contribution in [3.8, 4) is 0 Å². The molecule has 2 rings (SSSR count). The van der Waals surface area contributed by atoms with Gasteiger partial charge in [-0.2, -0.15) is 0 Å². The van der Waals surface area contributed by atoms with Gasteiger partial charge in [0.1, 0.15) is 0 Å². The van der Waals surface area contributed by atoms with Crippen LogP contribution < -0.4 is 0 Å². The Morgan fingerprint density at radius 3 is 2.67 bits per heavy atom. The van der Waals surface area contributed by atoms with E-state index in [0.717, 1.165) is 25.0 Å². The molecule has 2 bridgehead atoms. The van der Waals surface area contributed by atoms with Crippen LogP contribution in [0.2, 0.25) is 0 Å². The summed E-state index contributed by atoms with van der Waals surface area (Å²) in [5.41, 5.74) is 0. The second-order valence-corrected chi connectivity index (χ2v) is 4.94. The van der Waals surface area contributed by atoms with Crippen molar-refractivity contribution in [1.29, 1.82) is 0 Å². The van der Waals surface area contributed by atoms with Gasteiger partial charge in [0.15, 0.2) is 0 Å². The summed E-state index contributed by atoms with van der Waals surface area (Å²) in [5.74, 6) is 0. The van der Waals surface area contributed by atoms with E-state index in [4.69, 9.17) is 5.11 Å². The lowest BCUT2D eigenvalue weighted by atomic mass is 10.2. The molecule has 0 aromatic heterocycles. The summed E-state index contributed by atoms with van der Waals surface area (Å²) in [6, 6.07) is 1.56. The van der Waals surface area contributed by atoms with Gasteiger partial charge in [-0.05, 0) is 12.8 Å². The molecule has 0 aromatic carbocycles. The van der Waals surface area contributed by atoms with Crippen LogP contribution in [0.3, 0.4) is 0 Å². The highest BCUT2D eigenvalue weighted by molar-refractivity contribution is 14.1. The summed E-state index contributed by atoms with van der Waals surface area (Å²) in [4.78, 5) is 2.52. The Balaban J connectivity index is 1.82. The monoisotopic (exact) mass is 282 g/mol. The number of hydrogen-bond donors (Lipinski definition) is 1. The summed E-state index contributed by atoms with van der Waals surface area (Å²) < 4.78 is 2.43. The van der Waals surface area contributed by atoms with Gasteiger partial charge in [-0.3, -0.25) is 4.90 Å². The third-order valence-corrected chi connectivity index (χ3v) is 4.07. The van der Waals surface area contributed by atoms with Crippen molar-refractivity contribution < 1.29 is 5.11 Å². The lowest BCUT2D eigenvalue weighted by Crippen LogP contribution is -2.42. The van der Waals surface area contributed by atoms with Crippen molar-refractivity contribution in [2.45, 2.75) is 24.9 Å². The van der Waals surface area contributed by atoms with E-state index in [9.17, 15) is 0 Å². The minimum Gasteiger partial charge on any atom is -0.396 e. The molecule has 0 aromatic rings. The van der Waals surface area contributed by atoms with Crippen LogP contribution in [0.15, 0.2) is 0 Å². The van der Waals surface area contributed by atoms with Crippen LogP contribution in [0.25, 0.3) is 0 Å². The van der Waals surface area contributed by atoms with Crippen molar-refractivity contribution in [2.24, 2.45) is 0 Å². The van der Waals surface area contributed by atoms with Crippen molar-refractivity contribution in [2.75, 3.05) is 26.2 Å². The molecular weight excluding hydrogens is 267 g/mol. The van der Waals surface area contributed by atoms with Crippen molar-refractivity contribution >= 4 is 22.9 Å². The fourth-order valence-electron chi connectivity index (χ4n) is 2.25. The average molecular weight is 282 g/mol. The quantitative estimate of drug-likeness (QED) is 0.602. The number of fused-ring (bicyclic) bond motifs is 2. The molecular formula is C8H15IN2O. The van der Waals surface area contributed by atoms with Gasteiger partial charge in [0, 0.05) is 61.2 Å². The number of hydrogen-bond acceptors (Lipinski definition) is 3. The van der Waals surface area contributed by atoms with E-state index in [-0.39, 0.29) is 0 Å². The zero-order valence-corrected chi connectivity index (χ0v) is 9.27. The van der Waals surface area contributed by atoms with Crippen LogP contribution in [0.5, 0.6) is 0 Å². The van der Waals surface area contributed by atoms with Gasteiger partial charge < -0.3 is 5.11 Å². The van der Waals surface area contributed by atoms with Crippen LogP contribution in [0.1, 0.15) is 12.8 Å². The van der Waals surface area contributed by atoms with Crippen molar-refractivity contribution in [3.63, 3.8) is 0 Å². The topological polar surface area (TPSA) is 26.7 Å². The number of nitrogens with zero attached hydrogens (tertiary/aromatic N) is 2. The molecule has 2 heterocycles. The maximum absolute atomic E-state index is 8.71. The Morgan fingerprint density at radius 2 is 2.17 bits per heavy atom. The second kappa shape index (κ2) is 3.77. The smallest absolute Gasteiger partial charge is 0.0443 e. The van der Waals surface area contributed by atoms with E-state index in [1.807, 2.05) is 0 Å². The van der Waals surface area contributed by atoms with Crippen LogP contribution in [0.4, 0.5) is 0 Å². The van der Waals surface area contributed by atoms with Gasteiger partial charge in [0.2, 0.25) is 0 Å². The molecule has 3 nitrogen and oxygen atoms in total. The molecule has 2 fully saturated rings. The number of aliphatic hydroxyl groups excluding tert-OH is 1. The predicted octanol–water partition coefficient (Wildman–Crippen LogP) is 0.477. The summed E-state index contributed by atoms with van der Waals surface area (Å²) in [6.07, 6.45) is 2.28. The highest BCUT2D eigenvalue weighted by Crippen LogP contribution is 2.32. The molecule has 2 atom stereocenters. The molecule has 0 spiro atoms. The zero-order chi connectivity index (χ0) is 8.55. The Morgan fingerprint density at radius 1 is 1.33 bits per heavy atom. The number of piperazine rings is 1. The summed E-state index contributed by atoms with van der Waals surface area (Å²) in [6.45, 7) is 3.86. The number of likely N-dealkylation sites (tertiary alicyclic amines) is 1. The van der Waals surface area contributed by atoms with Gasteiger partial charge in [0.25, 0.3) is 0 Å². The molecule has 0 amide bonds. The molecule has 2 aliphatic rings. The van der Waals surface area contributed by atoms with Crippen LogP contribution in [0, 0.1) is 0 Å². The van der Waals surface area contributed by atoms with Crippen molar-refractivity contribution in [1.82, 2.24) is 8.01 Å². The Kier molecular flexibility index (Phi) is 2.89. The molecule has 2 unspecified atom stereocenters. The molecule has 2 aliphatic heterocycles. The largest absolute Gasteiger partial charge is 0.396 e. The van der Waals surface area contributed by atoms with Gasteiger partial charge in [-0.25, -0.2) is 3.11 Å². The standard InChI is InChI=1S/C8H15IN2O/c9-11-6-7-4-8(11)5-10(7)2-1-3-12/h7-8,12H,1-6H2. The molecule has 0 aliphatic carbocycles. The number of halogens is 1. The Bertz CT molecular complexity index is 165. The maximum atomic E-state index is 8.71. The summed E-state index contributed by atoms with van der Waals surface area (Å²) in [7, 11) is 0. The van der Waals surface area contributed by atoms with Crippen molar-refractivity contribution in [3.05, 3.63) is 0 Å². The third kappa shape index (κ3) is 1.62. The van der Waals surface area contributed by atoms with E-state index >= 15 is 0 Å². The molecule has 12 heavy (non-hydrogen) atoms. The minimum atomic E-state index is 0.335. The molecule has 2 saturated heterocycles. The van der Waals surface area contributed by atoms with E-state index < -0.39 is 0 Å². The average Bonchev–Trinajstić information content (AvgIpc) is 2.58. The molecule has 70 valence electrons. The first kappa shape index (κ1) is 9.18. The first-order valence-corrected chi connectivity index (χ1v) is 5.55. The molecule has 1 N–H and O–H groups in total. The molecule has 4 heteroatoms. The van der Waals surface area contributed by atoms with Gasteiger partial charge in [0.05, 0.1) is 0 Å².